The average molecular weight is 434 g/mol. The molecule has 5 rings (SSSR count). The average Bonchev–Trinajstić information content (AvgIpc) is 2.65. The lowest BCUT2D eigenvalue weighted by molar-refractivity contribution is 0.0967. The Kier molecular flexibility index (Phi) is 5.39. The standard InChI is InChI=1S/C20H28N4O3P2/c1-20-15-22(2)28(23(3)16-20,24(4)17-20)21-29(25,26-18-11-7-5-8-12-18)27-19-13-9-6-10-14-19/h5-14H,15-17H2,1-4H3. The summed E-state index contributed by atoms with van der Waals surface area (Å²) in [6, 6.07) is 18.2. The van der Waals surface area contributed by atoms with E-state index in [9.17, 15) is 4.57 Å². The van der Waals surface area contributed by atoms with Gasteiger partial charge in [0.05, 0.1) is 0 Å². The smallest absolute Gasteiger partial charge is 0.399 e. The van der Waals surface area contributed by atoms with Crippen molar-refractivity contribution in [2.75, 3.05) is 40.8 Å². The Bertz CT molecular complexity index is 884. The van der Waals surface area contributed by atoms with Gasteiger partial charge in [-0.2, -0.15) is 0 Å². The molecule has 2 aromatic carbocycles. The zero-order chi connectivity index (χ0) is 20.7. The van der Waals surface area contributed by atoms with Crippen LogP contribution in [0.5, 0.6) is 11.5 Å². The van der Waals surface area contributed by atoms with Crippen LogP contribution in [0.2, 0.25) is 0 Å². The Hall–Kier alpha value is -1.62. The van der Waals surface area contributed by atoms with Gasteiger partial charge in [-0.15, -0.1) is 4.52 Å². The summed E-state index contributed by atoms with van der Waals surface area (Å²) >= 11 is 0. The summed E-state index contributed by atoms with van der Waals surface area (Å²) in [7, 11) is -0.123. The van der Waals surface area contributed by atoms with E-state index in [1.54, 1.807) is 24.3 Å². The maximum Gasteiger partial charge on any atom is 0.565 e. The lowest BCUT2D eigenvalue weighted by Crippen LogP contribution is -2.60. The van der Waals surface area contributed by atoms with E-state index in [4.69, 9.17) is 13.6 Å². The van der Waals surface area contributed by atoms with Gasteiger partial charge in [0.2, 0.25) is 0 Å². The van der Waals surface area contributed by atoms with E-state index in [0.29, 0.717) is 11.5 Å². The van der Waals surface area contributed by atoms with Crippen molar-refractivity contribution in [2.45, 2.75) is 6.92 Å². The van der Waals surface area contributed by atoms with E-state index in [1.165, 1.54) is 0 Å². The predicted molar refractivity (Wildman–Crippen MR) is 117 cm³/mol. The second-order valence-electron chi connectivity index (χ2n) is 8.16. The molecule has 0 amide bonds. The van der Waals surface area contributed by atoms with Gasteiger partial charge in [-0.25, -0.2) is 18.6 Å². The van der Waals surface area contributed by atoms with Gasteiger partial charge in [0, 0.05) is 25.0 Å². The van der Waals surface area contributed by atoms with Crippen LogP contribution >= 0.6 is 15.3 Å². The number of para-hydroxylation sites is 2. The first-order valence-corrected chi connectivity index (χ1v) is 12.7. The molecule has 0 aliphatic carbocycles. The third kappa shape index (κ3) is 3.90. The second kappa shape index (κ2) is 7.57. The van der Waals surface area contributed by atoms with Crippen LogP contribution in [-0.4, -0.2) is 54.8 Å². The molecule has 0 aromatic heterocycles. The van der Waals surface area contributed by atoms with E-state index in [0.717, 1.165) is 19.6 Å². The first-order chi connectivity index (χ1) is 13.7. The summed E-state index contributed by atoms with van der Waals surface area (Å²) in [5, 5.41) is 0. The molecule has 29 heavy (non-hydrogen) atoms. The van der Waals surface area contributed by atoms with Gasteiger partial charge < -0.3 is 9.05 Å². The molecule has 3 aliphatic rings. The molecule has 0 unspecified atom stereocenters. The number of hydrogen-bond acceptors (Lipinski definition) is 3. The fourth-order valence-electron chi connectivity index (χ4n) is 4.51. The summed E-state index contributed by atoms with van der Waals surface area (Å²) in [4.78, 5) is 0. The molecular formula is C20H28N4O3P2. The summed E-state index contributed by atoms with van der Waals surface area (Å²) in [6.45, 7) is 4.98. The summed E-state index contributed by atoms with van der Waals surface area (Å²) in [5.41, 5.74) is 0.153. The Morgan fingerprint density at radius 1 is 0.828 bits per heavy atom. The SMILES string of the molecule is CN1CC2(C)CN(C)P1(=NP(=O)(Oc1ccccc1)Oc1ccccc1)N(C)C2. The lowest BCUT2D eigenvalue weighted by atomic mass is 9.90. The first kappa shape index (κ1) is 20.6. The Morgan fingerprint density at radius 2 is 1.21 bits per heavy atom. The van der Waals surface area contributed by atoms with Crippen LogP contribution < -0.4 is 9.05 Å². The molecule has 3 fully saturated rings. The highest BCUT2D eigenvalue weighted by Gasteiger charge is 2.54. The van der Waals surface area contributed by atoms with Gasteiger partial charge in [0.15, 0.2) is 7.51 Å². The van der Waals surface area contributed by atoms with E-state index in [1.807, 2.05) is 36.4 Å². The maximum atomic E-state index is 14.1. The minimum Gasteiger partial charge on any atom is -0.399 e. The van der Waals surface area contributed by atoms with Gasteiger partial charge in [-0.05, 0) is 45.4 Å². The van der Waals surface area contributed by atoms with Crippen LogP contribution in [0.1, 0.15) is 6.92 Å². The Balaban J connectivity index is 1.81. The molecule has 3 aliphatic heterocycles. The van der Waals surface area contributed by atoms with Crippen molar-refractivity contribution in [3.8, 4) is 11.5 Å². The largest absolute Gasteiger partial charge is 0.565 e. The number of benzene rings is 2. The van der Waals surface area contributed by atoms with Gasteiger partial charge >= 0.3 is 7.75 Å². The monoisotopic (exact) mass is 434 g/mol. The molecule has 3 heterocycles. The molecule has 0 radical (unpaired) electrons. The van der Waals surface area contributed by atoms with Crippen LogP contribution in [0.3, 0.4) is 0 Å². The molecule has 0 saturated carbocycles. The predicted octanol–water partition coefficient (Wildman–Crippen LogP) is 5.03. The van der Waals surface area contributed by atoms with Crippen LogP contribution in [0.25, 0.3) is 0 Å². The molecule has 0 spiro atoms. The van der Waals surface area contributed by atoms with Crippen molar-refractivity contribution in [1.29, 1.82) is 0 Å². The number of hydrogen-bond donors (Lipinski definition) is 0. The topological polar surface area (TPSA) is 57.6 Å². The van der Waals surface area contributed by atoms with Crippen molar-refractivity contribution >= 4 is 15.3 Å². The minimum absolute atomic E-state index is 0.153. The molecule has 2 aromatic rings. The molecule has 0 N–H and O–H groups in total. The zero-order valence-corrected chi connectivity index (χ0v) is 19.1. The van der Waals surface area contributed by atoms with Crippen LogP contribution in [0, 0.1) is 5.41 Å². The van der Waals surface area contributed by atoms with Crippen molar-refractivity contribution < 1.29 is 13.6 Å². The van der Waals surface area contributed by atoms with Crippen molar-refractivity contribution in [3.63, 3.8) is 0 Å². The molecule has 3 saturated heterocycles. The molecule has 2 bridgehead atoms. The summed E-state index contributed by atoms with van der Waals surface area (Å²) in [5.74, 6) is 0.945. The van der Waals surface area contributed by atoms with Gasteiger partial charge in [-0.1, -0.05) is 43.3 Å². The van der Waals surface area contributed by atoms with Crippen molar-refractivity contribution in [2.24, 2.45) is 9.93 Å². The minimum atomic E-state index is -3.87. The molecule has 9 heteroatoms. The fourth-order valence-corrected chi connectivity index (χ4v) is 11.6. The van der Waals surface area contributed by atoms with Crippen LogP contribution in [-0.2, 0) is 4.57 Å². The first-order valence-electron chi connectivity index (χ1n) is 9.63. The summed E-state index contributed by atoms with van der Waals surface area (Å²) < 4.78 is 37.5. The second-order valence-corrected chi connectivity index (χ2v) is 13.3. The summed E-state index contributed by atoms with van der Waals surface area (Å²) in [6.07, 6.45) is 0. The van der Waals surface area contributed by atoms with E-state index < -0.39 is 15.3 Å². The highest BCUT2D eigenvalue weighted by Crippen LogP contribution is 2.71. The van der Waals surface area contributed by atoms with Crippen molar-refractivity contribution in [1.82, 2.24) is 14.0 Å². The van der Waals surface area contributed by atoms with Crippen molar-refractivity contribution in [3.05, 3.63) is 60.7 Å². The van der Waals surface area contributed by atoms with Gasteiger partial charge in [0.25, 0.3) is 0 Å². The molecule has 156 valence electrons. The fraction of sp³-hybridized carbons (Fsp3) is 0.400. The van der Waals surface area contributed by atoms with E-state index >= 15 is 0 Å². The third-order valence-corrected chi connectivity index (χ3v) is 11.3. The van der Waals surface area contributed by atoms with Crippen LogP contribution in [0.15, 0.2) is 65.2 Å². The number of rotatable bonds is 5. The lowest BCUT2D eigenvalue weighted by Gasteiger charge is -2.61. The quantitative estimate of drug-likeness (QED) is 0.616. The normalized spacial score (nSPS) is 28.3. The Morgan fingerprint density at radius 3 is 1.59 bits per heavy atom. The number of fused-ring (bicyclic) bond motifs is 3. The van der Waals surface area contributed by atoms with Gasteiger partial charge in [0.1, 0.15) is 11.5 Å². The van der Waals surface area contributed by atoms with Crippen LogP contribution in [0.4, 0.5) is 0 Å². The Labute approximate surface area is 173 Å². The number of nitrogens with zero attached hydrogens (tertiary/aromatic N) is 4. The molecule has 7 nitrogen and oxygen atoms in total. The molecular weight excluding hydrogens is 406 g/mol. The zero-order valence-electron chi connectivity index (χ0n) is 17.3. The molecule has 0 atom stereocenters. The third-order valence-electron chi connectivity index (χ3n) is 5.36. The van der Waals surface area contributed by atoms with E-state index in [2.05, 4.69) is 42.1 Å². The van der Waals surface area contributed by atoms with Gasteiger partial charge in [-0.3, -0.25) is 0 Å². The maximum absolute atomic E-state index is 14.1. The highest BCUT2D eigenvalue weighted by atomic mass is 31.2. The highest BCUT2D eigenvalue weighted by molar-refractivity contribution is 7.68. The van der Waals surface area contributed by atoms with E-state index in [-0.39, 0.29) is 5.41 Å².